The van der Waals surface area contributed by atoms with Gasteiger partial charge in [0.15, 0.2) is 0 Å². The van der Waals surface area contributed by atoms with E-state index >= 15 is 0 Å². The van der Waals surface area contributed by atoms with Gasteiger partial charge in [0.2, 0.25) is 0 Å². The number of hydrogen-bond donors (Lipinski definition) is 0. The van der Waals surface area contributed by atoms with Crippen molar-refractivity contribution in [2.75, 3.05) is 13.7 Å². The van der Waals surface area contributed by atoms with Crippen LogP contribution < -0.4 is 4.74 Å². The maximum absolute atomic E-state index is 11.0. The molecule has 1 aromatic carbocycles. The first kappa shape index (κ1) is 13.6. The predicted octanol–water partition coefficient (Wildman–Crippen LogP) is 2.97. The fraction of sp³-hybridized carbons (Fsp3) is 0.500. The van der Waals surface area contributed by atoms with Crippen molar-refractivity contribution in [2.24, 2.45) is 0 Å². The minimum Gasteiger partial charge on any atom is -0.494 e. The average molecular weight is 236 g/mol. The van der Waals surface area contributed by atoms with Gasteiger partial charge in [0.05, 0.1) is 13.7 Å². The van der Waals surface area contributed by atoms with Gasteiger partial charge in [0, 0.05) is 6.42 Å². The van der Waals surface area contributed by atoms with Crippen molar-refractivity contribution in [1.82, 2.24) is 0 Å². The van der Waals surface area contributed by atoms with Crippen LogP contribution in [0.5, 0.6) is 5.75 Å². The number of rotatable bonds is 7. The molecule has 94 valence electrons. The summed E-state index contributed by atoms with van der Waals surface area (Å²) in [6.45, 7) is 2.83. The molecule has 0 atom stereocenters. The number of carbonyl (C=O) groups is 1. The van der Waals surface area contributed by atoms with E-state index in [1.54, 1.807) is 0 Å². The summed E-state index contributed by atoms with van der Waals surface area (Å²) < 4.78 is 10.2. The van der Waals surface area contributed by atoms with Gasteiger partial charge in [-0.3, -0.25) is 4.79 Å². The molecule has 1 rings (SSSR count). The number of carbonyl (C=O) groups excluding carboxylic acids is 1. The van der Waals surface area contributed by atoms with Crippen LogP contribution in [0.3, 0.4) is 0 Å². The van der Waals surface area contributed by atoms with Gasteiger partial charge in [-0.25, -0.2) is 0 Å². The monoisotopic (exact) mass is 236 g/mol. The molecule has 0 aliphatic heterocycles. The van der Waals surface area contributed by atoms with Crippen molar-refractivity contribution >= 4 is 5.97 Å². The first-order chi connectivity index (χ1) is 8.26. The van der Waals surface area contributed by atoms with E-state index in [-0.39, 0.29) is 5.97 Å². The Hall–Kier alpha value is -1.51. The molecule has 0 aromatic heterocycles. The molecule has 17 heavy (non-hydrogen) atoms. The largest absolute Gasteiger partial charge is 0.494 e. The summed E-state index contributed by atoms with van der Waals surface area (Å²) in [7, 11) is 1.42. The highest BCUT2D eigenvalue weighted by Gasteiger charge is 2.01. The second-order valence-corrected chi connectivity index (χ2v) is 3.93. The van der Waals surface area contributed by atoms with Gasteiger partial charge in [-0.1, -0.05) is 19.1 Å². The van der Waals surface area contributed by atoms with Crippen molar-refractivity contribution in [1.29, 1.82) is 0 Å². The molecule has 0 aliphatic carbocycles. The Morgan fingerprint density at radius 2 is 2.18 bits per heavy atom. The van der Waals surface area contributed by atoms with E-state index in [2.05, 4.69) is 17.7 Å². The average Bonchev–Trinajstić information content (AvgIpc) is 2.36. The van der Waals surface area contributed by atoms with Crippen LogP contribution in [-0.2, 0) is 16.0 Å². The van der Waals surface area contributed by atoms with Crippen LogP contribution in [0.4, 0.5) is 0 Å². The summed E-state index contributed by atoms with van der Waals surface area (Å²) >= 11 is 0. The lowest BCUT2D eigenvalue weighted by molar-refractivity contribution is -0.140. The van der Waals surface area contributed by atoms with E-state index in [1.165, 1.54) is 12.7 Å². The normalized spacial score (nSPS) is 10.0. The quantitative estimate of drug-likeness (QED) is 0.683. The minimum atomic E-state index is -0.150. The van der Waals surface area contributed by atoms with E-state index in [1.807, 2.05) is 18.2 Å². The summed E-state index contributed by atoms with van der Waals surface area (Å²) in [6.07, 6.45) is 3.16. The Balaban J connectivity index is 2.40. The smallest absolute Gasteiger partial charge is 0.305 e. The third kappa shape index (κ3) is 5.38. The molecule has 0 radical (unpaired) electrons. The van der Waals surface area contributed by atoms with Crippen LogP contribution in [0, 0.1) is 0 Å². The minimum absolute atomic E-state index is 0.150. The van der Waals surface area contributed by atoms with Crippen LogP contribution in [0.2, 0.25) is 0 Å². The molecule has 0 fully saturated rings. The highest BCUT2D eigenvalue weighted by atomic mass is 16.5. The summed E-state index contributed by atoms with van der Waals surface area (Å²) in [5.41, 5.74) is 1.20. The molecule has 0 saturated heterocycles. The van der Waals surface area contributed by atoms with E-state index in [0.717, 1.165) is 31.6 Å². The summed E-state index contributed by atoms with van der Waals surface area (Å²) in [4.78, 5) is 11.0. The van der Waals surface area contributed by atoms with E-state index in [9.17, 15) is 4.79 Å². The topological polar surface area (TPSA) is 35.5 Å². The molecule has 0 saturated carbocycles. The molecule has 1 aromatic rings. The van der Waals surface area contributed by atoms with Crippen LogP contribution in [-0.4, -0.2) is 19.7 Å². The number of methoxy groups -OCH3 is 1. The van der Waals surface area contributed by atoms with Crippen molar-refractivity contribution in [2.45, 2.75) is 32.6 Å². The van der Waals surface area contributed by atoms with E-state index < -0.39 is 0 Å². The summed E-state index contributed by atoms with van der Waals surface area (Å²) in [6, 6.07) is 8.03. The zero-order valence-corrected chi connectivity index (χ0v) is 10.6. The molecule has 0 unspecified atom stereocenters. The van der Waals surface area contributed by atoms with E-state index in [4.69, 9.17) is 4.74 Å². The van der Waals surface area contributed by atoms with Gasteiger partial charge in [-0.2, -0.15) is 0 Å². The molecule has 3 heteroatoms. The Kier molecular flexibility index (Phi) is 6.15. The van der Waals surface area contributed by atoms with E-state index in [0.29, 0.717) is 6.42 Å². The fourth-order valence-corrected chi connectivity index (χ4v) is 1.55. The van der Waals surface area contributed by atoms with Crippen molar-refractivity contribution < 1.29 is 14.3 Å². The lowest BCUT2D eigenvalue weighted by Crippen LogP contribution is -2.00. The molecule has 0 N–H and O–H groups in total. The summed E-state index contributed by atoms with van der Waals surface area (Å²) in [5.74, 6) is 0.755. The fourth-order valence-electron chi connectivity index (χ4n) is 1.55. The van der Waals surface area contributed by atoms with Crippen molar-refractivity contribution in [3.8, 4) is 5.75 Å². The molecule has 0 amide bonds. The number of aryl methyl sites for hydroxylation is 1. The lowest BCUT2D eigenvalue weighted by Gasteiger charge is -2.06. The molecular formula is C14H20O3. The third-order valence-corrected chi connectivity index (χ3v) is 2.45. The SMILES string of the molecule is CCCOc1cccc(CCCC(=O)OC)c1. The van der Waals surface area contributed by atoms with Gasteiger partial charge in [0.25, 0.3) is 0 Å². The Morgan fingerprint density at radius 3 is 2.88 bits per heavy atom. The van der Waals surface area contributed by atoms with Gasteiger partial charge in [-0.05, 0) is 37.0 Å². The molecule has 0 bridgehead atoms. The van der Waals surface area contributed by atoms with Gasteiger partial charge < -0.3 is 9.47 Å². The van der Waals surface area contributed by atoms with Gasteiger partial charge in [-0.15, -0.1) is 0 Å². The molecule has 0 aliphatic rings. The van der Waals surface area contributed by atoms with Crippen LogP contribution in [0.15, 0.2) is 24.3 Å². The van der Waals surface area contributed by atoms with Crippen molar-refractivity contribution in [3.05, 3.63) is 29.8 Å². The molecule has 0 heterocycles. The van der Waals surface area contributed by atoms with Crippen LogP contribution in [0.1, 0.15) is 31.7 Å². The first-order valence-corrected chi connectivity index (χ1v) is 6.04. The molecular weight excluding hydrogens is 216 g/mol. The van der Waals surface area contributed by atoms with Gasteiger partial charge >= 0.3 is 5.97 Å². The maximum atomic E-state index is 11.0. The van der Waals surface area contributed by atoms with Crippen molar-refractivity contribution in [3.63, 3.8) is 0 Å². The number of ether oxygens (including phenoxy) is 2. The highest BCUT2D eigenvalue weighted by Crippen LogP contribution is 2.15. The molecule has 0 spiro atoms. The predicted molar refractivity (Wildman–Crippen MR) is 67.2 cm³/mol. The summed E-state index contributed by atoms with van der Waals surface area (Å²) in [5, 5.41) is 0. The number of esters is 1. The highest BCUT2D eigenvalue weighted by molar-refractivity contribution is 5.69. The van der Waals surface area contributed by atoms with Crippen LogP contribution >= 0.6 is 0 Å². The molecule has 3 nitrogen and oxygen atoms in total. The first-order valence-electron chi connectivity index (χ1n) is 6.04. The van der Waals surface area contributed by atoms with Gasteiger partial charge in [0.1, 0.15) is 5.75 Å². The Labute approximate surface area is 103 Å². The maximum Gasteiger partial charge on any atom is 0.305 e. The third-order valence-electron chi connectivity index (χ3n) is 2.45. The second kappa shape index (κ2) is 7.71. The lowest BCUT2D eigenvalue weighted by atomic mass is 10.1. The standard InChI is InChI=1S/C14H20O3/c1-3-10-17-13-8-4-6-12(11-13)7-5-9-14(15)16-2/h4,6,8,11H,3,5,7,9-10H2,1-2H3. The zero-order valence-electron chi connectivity index (χ0n) is 10.6. The second-order valence-electron chi connectivity index (χ2n) is 3.93. The Morgan fingerprint density at radius 1 is 1.35 bits per heavy atom. The van der Waals surface area contributed by atoms with Crippen LogP contribution in [0.25, 0.3) is 0 Å². The Bertz CT molecular complexity index is 347. The number of benzene rings is 1. The zero-order chi connectivity index (χ0) is 12.5. The number of hydrogen-bond acceptors (Lipinski definition) is 3.